The number of aromatic amines is 1. The first-order chi connectivity index (χ1) is 7.36. The van der Waals surface area contributed by atoms with Crippen molar-refractivity contribution in [1.29, 1.82) is 0 Å². The number of nitrogens with zero attached hydrogens (tertiary/aromatic N) is 1. The maximum atomic E-state index is 8.57. The lowest BCUT2D eigenvalue weighted by Crippen LogP contribution is -2.18. The van der Waals surface area contributed by atoms with E-state index in [9.17, 15) is 0 Å². The summed E-state index contributed by atoms with van der Waals surface area (Å²) in [6.07, 6.45) is 0. The molecule has 1 aromatic rings. The minimum Gasteiger partial charge on any atom is -0.395 e. The summed E-state index contributed by atoms with van der Waals surface area (Å²) >= 11 is 0. The molecule has 0 radical (unpaired) electrons. The van der Waals surface area contributed by atoms with Crippen molar-refractivity contribution in [2.45, 2.75) is 13.1 Å². The van der Waals surface area contributed by atoms with Crippen LogP contribution in [0.3, 0.4) is 0 Å². The number of hydrogen-bond donors (Lipinski definition) is 5. The van der Waals surface area contributed by atoms with E-state index in [0.29, 0.717) is 26.2 Å². The zero-order chi connectivity index (χ0) is 10.9. The molecule has 0 bridgehead atoms. The highest BCUT2D eigenvalue weighted by atomic mass is 16.3. The van der Waals surface area contributed by atoms with Gasteiger partial charge in [0.15, 0.2) is 0 Å². The van der Waals surface area contributed by atoms with Gasteiger partial charge in [0.25, 0.3) is 0 Å². The molecule has 0 saturated heterocycles. The topological polar surface area (TPSA) is 93.2 Å². The Bertz CT molecular complexity index is 240. The predicted octanol–water partition coefficient (Wildman–Crippen LogP) is -1.43. The summed E-state index contributed by atoms with van der Waals surface area (Å²) in [5, 5.41) is 30.2. The molecule has 5 N–H and O–H groups in total. The summed E-state index contributed by atoms with van der Waals surface area (Å²) in [6, 6.07) is 1.95. The largest absolute Gasteiger partial charge is 0.395 e. The van der Waals surface area contributed by atoms with Crippen LogP contribution in [-0.2, 0) is 13.1 Å². The smallest absolute Gasteiger partial charge is 0.0763 e. The predicted molar refractivity (Wildman–Crippen MR) is 56.2 cm³/mol. The molecule has 0 aliphatic heterocycles. The summed E-state index contributed by atoms with van der Waals surface area (Å²) in [6.45, 7) is 2.75. The van der Waals surface area contributed by atoms with E-state index in [2.05, 4.69) is 20.8 Å². The van der Waals surface area contributed by atoms with Crippen LogP contribution in [0, 0.1) is 0 Å². The molecule has 0 aromatic carbocycles. The van der Waals surface area contributed by atoms with Gasteiger partial charge in [-0.25, -0.2) is 0 Å². The van der Waals surface area contributed by atoms with E-state index in [1.807, 2.05) is 6.07 Å². The molecule has 0 atom stereocenters. The third kappa shape index (κ3) is 4.89. The van der Waals surface area contributed by atoms with Gasteiger partial charge in [-0.15, -0.1) is 0 Å². The first-order valence-corrected chi connectivity index (χ1v) is 5.03. The number of aliphatic hydroxyl groups is 2. The van der Waals surface area contributed by atoms with Gasteiger partial charge in [0.2, 0.25) is 0 Å². The molecule has 1 rings (SSSR count). The average Bonchev–Trinajstić information content (AvgIpc) is 2.67. The highest BCUT2D eigenvalue weighted by Crippen LogP contribution is 1.98. The highest BCUT2D eigenvalue weighted by Gasteiger charge is 1.99. The van der Waals surface area contributed by atoms with Gasteiger partial charge in [0.05, 0.1) is 18.9 Å². The molecule has 0 saturated carbocycles. The lowest BCUT2D eigenvalue weighted by atomic mass is 10.3. The second-order valence-corrected chi connectivity index (χ2v) is 3.19. The van der Waals surface area contributed by atoms with Gasteiger partial charge in [-0.05, 0) is 6.07 Å². The Hall–Kier alpha value is -0.950. The second kappa shape index (κ2) is 7.36. The van der Waals surface area contributed by atoms with Crippen LogP contribution in [0.4, 0.5) is 0 Å². The minimum atomic E-state index is 0.134. The first-order valence-electron chi connectivity index (χ1n) is 5.03. The maximum Gasteiger partial charge on any atom is 0.0763 e. The molecule has 0 aliphatic carbocycles. The fourth-order valence-electron chi connectivity index (χ4n) is 1.19. The van der Waals surface area contributed by atoms with Crippen LogP contribution in [0.2, 0.25) is 0 Å². The van der Waals surface area contributed by atoms with Crippen molar-refractivity contribution in [2.24, 2.45) is 0 Å². The van der Waals surface area contributed by atoms with Gasteiger partial charge in [-0.3, -0.25) is 5.10 Å². The van der Waals surface area contributed by atoms with E-state index in [1.165, 1.54) is 0 Å². The summed E-state index contributed by atoms with van der Waals surface area (Å²) in [4.78, 5) is 0. The van der Waals surface area contributed by atoms with Crippen molar-refractivity contribution < 1.29 is 10.2 Å². The van der Waals surface area contributed by atoms with E-state index >= 15 is 0 Å². The Morgan fingerprint density at radius 3 is 2.47 bits per heavy atom. The molecule has 0 spiro atoms. The molecule has 0 unspecified atom stereocenters. The van der Waals surface area contributed by atoms with Gasteiger partial charge >= 0.3 is 0 Å². The van der Waals surface area contributed by atoms with Crippen molar-refractivity contribution in [2.75, 3.05) is 26.3 Å². The zero-order valence-electron chi connectivity index (χ0n) is 8.66. The van der Waals surface area contributed by atoms with Crippen molar-refractivity contribution >= 4 is 0 Å². The van der Waals surface area contributed by atoms with E-state index in [1.54, 1.807) is 0 Å². The summed E-state index contributed by atoms with van der Waals surface area (Å²) < 4.78 is 0. The Labute approximate surface area is 88.7 Å². The number of hydrogen-bond acceptors (Lipinski definition) is 5. The van der Waals surface area contributed by atoms with Crippen LogP contribution in [0.15, 0.2) is 6.07 Å². The molecule has 1 aromatic heterocycles. The standard InChI is InChI=1S/C9H18N4O2/c14-3-1-10-6-8-5-9(13-12-8)7-11-2-4-15/h5,10-11,14-15H,1-4,6-7H2,(H,12,13). The Kier molecular flexibility index (Phi) is 5.94. The second-order valence-electron chi connectivity index (χ2n) is 3.19. The number of aliphatic hydroxyl groups excluding tert-OH is 2. The molecule has 0 aliphatic rings. The third-order valence-electron chi connectivity index (χ3n) is 1.88. The molecule has 0 amide bonds. The molecule has 0 fully saturated rings. The maximum absolute atomic E-state index is 8.57. The van der Waals surface area contributed by atoms with E-state index in [4.69, 9.17) is 10.2 Å². The Morgan fingerprint density at radius 2 is 1.80 bits per heavy atom. The van der Waals surface area contributed by atoms with Crippen molar-refractivity contribution in [1.82, 2.24) is 20.8 Å². The molecule has 6 heteroatoms. The summed E-state index contributed by atoms with van der Waals surface area (Å²) in [7, 11) is 0. The van der Waals surface area contributed by atoms with Crippen LogP contribution in [0.25, 0.3) is 0 Å². The zero-order valence-corrected chi connectivity index (χ0v) is 8.66. The summed E-state index contributed by atoms with van der Waals surface area (Å²) in [5.74, 6) is 0. The molecule has 86 valence electrons. The lowest BCUT2D eigenvalue weighted by Gasteiger charge is -1.98. The molecule has 1 heterocycles. The van der Waals surface area contributed by atoms with Crippen LogP contribution < -0.4 is 10.6 Å². The Morgan fingerprint density at radius 1 is 1.13 bits per heavy atom. The SMILES string of the molecule is OCCNCc1cc(CNCCO)[nH]n1. The Balaban J connectivity index is 2.23. The third-order valence-corrected chi connectivity index (χ3v) is 1.88. The van der Waals surface area contributed by atoms with Crippen molar-refractivity contribution in [3.63, 3.8) is 0 Å². The van der Waals surface area contributed by atoms with Crippen LogP contribution in [-0.4, -0.2) is 46.7 Å². The van der Waals surface area contributed by atoms with Crippen LogP contribution >= 0.6 is 0 Å². The van der Waals surface area contributed by atoms with Gasteiger partial charge < -0.3 is 20.8 Å². The minimum absolute atomic E-state index is 0.134. The first kappa shape index (κ1) is 12.1. The normalized spacial score (nSPS) is 10.8. The molecular weight excluding hydrogens is 196 g/mol. The fourth-order valence-corrected chi connectivity index (χ4v) is 1.19. The molecule has 6 nitrogen and oxygen atoms in total. The average molecular weight is 214 g/mol. The molecular formula is C9H18N4O2. The quantitative estimate of drug-likeness (QED) is 0.342. The lowest BCUT2D eigenvalue weighted by molar-refractivity contribution is 0.291. The number of aromatic nitrogens is 2. The number of H-pyrrole nitrogens is 1. The molecule has 15 heavy (non-hydrogen) atoms. The van der Waals surface area contributed by atoms with E-state index < -0.39 is 0 Å². The fraction of sp³-hybridized carbons (Fsp3) is 0.667. The highest BCUT2D eigenvalue weighted by molar-refractivity contribution is 5.08. The van der Waals surface area contributed by atoms with Gasteiger partial charge in [-0.2, -0.15) is 5.10 Å². The van der Waals surface area contributed by atoms with Crippen LogP contribution in [0.1, 0.15) is 11.4 Å². The van der Waals surface area contributed by atoms with Crippen LogP contribution in [0.5, 0.6) is 0 Å². The monoisotopic (exact) mass is 214 g/mol. The van der Waals surface area contributed by atoms with Gasteiger partial charge in [0.1, 0.15) is 0 Å². The summed E-state index contributed by atoms with van der Waals surface area (Å²) in [5.41, 5.74) is 1.91. The number of rotatable bonds is 8. The van der Waals surface area contributed by atoms with Crippen molar-refractivity contribution in [3.8, 4) is 0 Å². The van der Waals surface area contributed by atoms with Gasteiger partial charge in [-0.1, -0.05) is 0 Å². The van der Waals surface area contributed by atoms with Crippen molar-refractivity contribution in [3.05, 3.63) is 17.5 Å². The van der Waals surface area contributed by atoms with Gasteiger partial charge in [0, 0.05) is 31.9 Å². The van der Waals surface area contributed by atoms with E-state index in [0.717, 1.165) is 11.4 Å². The number of nitrogens with one attached hydrogen (secondary N) is 3. The van der Waals surface area contributed by atoms with E-state index in [-0.39, 0.29) is 13.2 Å².